The maximum Gasteiger partial charge on any atom is 0.242 e. The van der Waals surface area contributed by atoms with Crippen molar-refractivity contribution in [1.82, 2.24) is 9.80 Å². The first-order valence-electron chi connectivity index (χ1n) is 10.2. The Bertz CT molecular complexity index is 825. The number of hydrogen-bond donors (Lipinski definition) is 1. The molecule has 0 saturated carbocycles. The Balaban J connectivity index is 1.82. The molecule has 1 fully saturated rings. The minimum Gasteiger partial charge on any atom is -0.497 e. The number of hydrogen-bond acceptors (Lipinski definition) is 4. The maximum atomic E-state index is 13.1. The van der Waals surface area contributed by atoms with Crippen LogP contribution in [0, 0.1) is 0 Å². The van der Waals surface area contributed by atoms with Crippen molar-refractivity contribution >= 4 is 5.91 Å². The molecule has 5 heteroatoms. The summed E-state index contributed by atoms with van der Waals surface area (Å²) in [6.07, 6.45) is 0.695. The van der Waals surface area contributed by atoms with Gasteiger partial charge in [0.15, 0.2) is 0 Å². The van der Waals surface area contributed by atoms with E-state index in [1.54, 1.807) is 7.11 Å². The van der Waals surface area contributed by atoms with Crippen LogP contribution in [0.1, 0.15) is 43.6 Å². The summed E-state index contributed by atoms with van der Waals surface area (Å²) in [5.41, 5.74) is 9.63. The third-order valence-electron chi connectivity index (χ3n) is 5.84. The molecule has 2 aromatic carbocycles. The molecule has 0 spiro atoms. The zero-order valence-electron chi connectivity index (χ0n) is 18.2. The molecule has 0 aliphatic carbocycles. The average molecular weight is 396 g/mol. The molecule has 2 aromatic rings. The van der Waals surface area contributed by atoms with Gasteiger partial charge in [-0.3, -0.25) is 9.69 Å². The summed E-state index contributed by atoms with van der Waals surface area (Å²) >= 11 is 0. The molecule has 5 nitrogen and oxygen atoms in total. The maximum absolute atomic E-state index is 13.1. The van der Waals surface area contributed by atoms with E-state index in [0.29, 0.717) is 13.1 Å². The zero-order chi connectivity index (χ0) is 21.2. The number of ether oxygens (including phenoxy) is 1. The molecule has 0 bridgehead atoms. The molecule has 0 radical (unpaired) electrons. The molecule has 156 valence electrons. The van der Waals surface area contributed by atoms with Gasteiger partial charge in [-0.15, -0.1) is 0 Å². The summed E-state index contributed by atoms with van der Waals surface area (Å²) in [5.74, 6) is 0.944. The topological polar surface area (TPSA) is 58.8 Å². The van der Waals surface area contributed by atoms with Crippen molar-refractivity contribution in [2.45, 2.75) is 44.8 Å². The van der Waals surface area contributed by atoms with E-state index in [0.717, 1.165) is 17.7 Å². The van der Waals surface area contributed by atoms with Crippen molar-refractivity contribution in [1.29, 1.82) is 0 Å². The second-order valence-electron chi connectivity index (χ2n) is 8.79. The van der Waals surface area contributed by atoms with Crippen molar-refractivity contribution in [3.8, 4) is 5.75 Å². The van der Waals surface area contributed by atoms with Gasteiger partial charge in [0.25, 0.3) is 0 Å². The van der Waals surface area contributed by atoms with Gasteiger partial charge in [0.1, 0.15) is 18.0 Å². The number of carbonyl (C=O) groups excluding carboxylic acids is 1. The standard InChI is InChI=1S/C24H33N3O2/c1-24(2,3)19-10-8-18(9-11-19)22-26(4)21(16-25)23(28)27(22)15-14-17-6-12-20(29-5)13-7-17/h6-13,21-22H,14-16,25H2,1-5H3/t21-,22?/m0/s1. The molecule has 3 rings (SSSR count). The molecule has 29 heavy (non-hydrogen) atoms. The molecule has 1 aliphatic heterocycles. The molecule has 1 unspecified atom stereocenters. The van der Waals surface area contributed by atoms with E-state index in [9.17, 15) is 4.79 Å². The monoisotopic (exact) mass is 395 g/mol. The molecule has 2 N–H and O–H groups in total. The third-order valence-corrected chi connectivity index (χ3v) is 5.84. The van der Waals surface area contributed by atoms with Crippen molar-refractivity contribution < 1.29 is 9.53 Å². The van der Waals surface area contributed by atoms with Crippen LogP contribution in [-0.2, 0) is 16.6 Å². The summed E-state index contributed by atoms with van der Waals surface area (Å²) in [5, 5.41) is 0. The highest BCUT2D eigenvalue weighted by Gasteiger charge is 2.43. The predicted octanol–water partition coefficient (Wildman–Crippen LogP) is 3.34. The Morgan fingerprint density at radius 1 is 1.03 bits per heavy atom. The SMILES string of the molecule is COc1ccc(CCN2C(=O)[C@H](CN)N(C)C2c2ccc(C(C)(C)C)cc2)cc1. The molecule has 1 amide bonds. The number of amides is 1. The van der Waals surface area contributed by atoms with Crippen LogP contribution in [0.15, 0.2) is 48.5 Å². The number of nitrogens with zero attached hydrogens (tertiary/aromatic N) is 2. The summed E-state index contributed by atoms with van der Waals surface area (Å²) in [6.45, 7) is 7.60. The van der Waals surface area contributed by atoms with Crippen LogP contribution in [-0.4, -0.2) is 49.0 Å². The normalized spacial score (nSPS) is 20.3. The Hall–Kier alpha value is -2.37. The summed E-state index contributed by atoms with van der Waals surface area (Å²) in [6, 6.07) is 16.4. The Morgan fingerprint density at radius 3 is 2.17 bits per heavy atom. The summed E-state index contributed by atoms with van der Waals surface area (Å²) in [4.78, 5) is 17.1. The quantitative estimate of drug-likeness (QED) is 0.815. The molecular formula is C24H33N3O2. The van der Waals surface area contributed by atoms with Crippen LogP contribution in [0.25, 0.3) is 0 Å². The van der Waals surface area contributed by atoms with Gasteiger partial charge in [0.05, 0.1) is 7.11 Å². The highest BCUT2D eigenvalue weighted by Crippen LogP contribution is 2.34. The van der Waals surface area contributed by atoms with Crippen LogP contribution in [0.3, 0.4) is 0 Å². The fraction of sp³-hybridized carbons (Fsp3) is 0.458. The van der Waals surface area contributed by atoms with Crippen molar-refractivity contribution in [3.63, 3.8) is 0 Å². The van der Waals surface area contributed by atoms with E-state index < -0.39 is 0 Å². The van der Waals surface area contributed by atoms with Gasteiger partial charge in [0, 0.05) is 13.1 Å². The first kappa shape index (κ1) is 21.3. The Labute approximate surface area is 174 Å². The van der Waals surface area contributed by atoms with E-state index in [-0.39, 0.29) is 23.5 Å². The first-order valence-corrected chi connectivity index (χ1v) is 10.2. The lowest BCUT2D eigenvalue weighted by Gasteiger charge is -2.29. The van der Waals surface area contributed by atoms with Gasteiger partial charge in [-0.05, 0) is 47.7 Å². The minimum absolute atomic E-state index is 0.0942. The second kappa shape index (κ2) is 8.56. The minimum atomic E-state index is -0.279. The fourth-order valence-corrected chi connectivity index (χ4v) is 3.99. The van der Waals surface area contributed by atoms with Crippen LogP contribution in [0.5, 0.6) is 5.75 Å². The molecule has 0 aromatic heterocycles. The predicted molar refractivity (Wildman–Crippen MR) is 117 cm³/mol. The summed E-state index contributed by atoms with van der Waals surface area (Å²) < 4.78 is 5.23. The number of methoxy groups -OCH3 is 1. The number of nitrogens with two attached hydrogens (primary N) is 1. The van der Waals surface area contributed by atoms with Crippen LogP contribution in [0.4, 0.5) is 0 Å². The van der Waals surface area contributed by atoms with Crippen molar-refractivity contribution in [2.24, 2.45) is 5.73 Å². The smallest absolute Gasteiger partial charge is 0.242 e. The first-order chi connectivity index (χ1) is 13.8. The van der Waals surface area contributed by atoms with Crippen LogP contribution >= 0.6 is 0 Å². The van der Waals surface area contributed by atoms with E-state index in [1.807, 2.05) is 24.1 Å². The molecule has 1 saturated heterocycles. The highest BCUT2D eigenvalue weighted by atomic mass is 16.5. The highest BCUT2D eigenvalue weighted by molar-refractivity contribution is 5.84. The molecule has 1 aliphatic rings. The molecule has 1 heterocycles. The fourth-order valence-electron chi connectivity index (χ4n) is 3.99. The zero-order valence-corrected chi connectivity index (χ0v) is 18.2. The van der Waals surface area contributed by atoms with Gasteiger partial charge >= 0.3 is 0 Å². The van der Waals surface area contributed by atoms with Gasteiger partial charge in [-0.2, -0.15) is 0 Å². The van der Waals surface area contributed by atoms with Gasteiger partial charge in [-0.1, -0.05) is 57.2 Å². The average Bonchev–Trinajstić information content (AvgIpc) is 2.95. The van der Waals surface area contributed by atoms with Crippen molar-refractivity contribution in [2.75, 3.05) is 27.2 Å². The Kier molecular flexibility index (Phi) is 6.30. The lowest BCUT2D eigenvalue weighted by atomic mass is 9.86. The van der Waals surface area contributed by atoms with Crippen molar-refractivity contribution in [3.05, 3.63) is 65.2 Å². The van der Waals surface area contributed by atoms with E-state index in [1.165, 1.54) is 11.1 Å². The van der Waals surface area contributed by atoms with E-state index in [2.05, 4.69) is 62.1 Å². The number of likely N-dealkylation sites (N-methyl/N-ethyl adjacent to an activating group) is 1. The van der Waals surface area contributed by atoms with Crippen LogP contribution in [0.2, 0.25) is 0 Å². The molecular weight excluding hydrogens is 362 g/mol. The van der Waals surface area contributed by atoms with E-state index in [4.69, 9.17) is 10.5 Å². The second-order valence-corrected chi connectivity index (χ2v) is 8.79. The van der Waals surface area contributed by atoms with Gasteiger partial charge < -0.3 is 15.4 Å². The summed E-state index contributed by atoms with van der Waals surface area (Å²) in [7, 11) is 3.65. The van der Waals surface area contributed by atoms with E-state index >= 15 is 0 Å². The third kappa shape index (κ3) is 4.46. The molecule has 2 atom stereocenters. The lowest BCUT2D eigenvalue weighted by Crippen LogP contribution is -2.38. The Morgan fingerprint density at radius 2 is 1.66 bits per heavy atom. The van der Waals surface area contributed by atoms with Crippen LogP contribution < -0.4 is 10.5 Å². The number of rotatable bonds is 6. The van der Waals surface area contributed by atoms with Gasteiger partial charge in [0.2, 0.25) is 5.91 Å². The number of benzene rings is 2. The number of carbonyl (C=O) groups is 1. The van der Waals surface area contributed by atoms with Gasteiger partial charge in [-0.25, -0.2) is 0 Å². The lowest BCUT2D eigenvalue weighted by molar-refractivity contribution is -0.130. The largest absolute Gasteiger partial charge is 0.497 e.